The van der Waals surface area contributed by atoms with Crippen molar-refractivity contribution in [2.24, 2.45) is 0 Å². The Hall–Kier alpha value is 1.45. The molecule has 0 atom stereocenters. The van der Waals surface area contributed by atoms with Crippen LogP contribution >= 0.6 is 0 Å². The van der Waals surface area contributed by atoms with Crippen LogP contribution in [-0.4, -0.2) is 8.93 Å². The molecule has 0 rings (SSSR count). The van der Waals surface area contributed by atoms with Crippen LogP contribution in [0.2, 0.25) is 6.55 Å². The molecule has 0 spiro atoms. The van der Waals surface area contributed by atoms with E-state index in [0.29, 0.717) is 0 Å². The Labute approximate surface area is 74.8 Å². The van der Waals surface area contributed by atoms with Gasteiger partial charge >= 0.3 is 51.4 Å². The second kappa shape index (κ2) is 5.45. The molecule has 0 aromatic rings. The molecule has 0 unspecified atom stereocenters. The van der Waals surface area contributed by atoms with Gasteiger partial charge in [-0.2, -0.15) is 0 Å². The van der Waals surface area contributed by atoms with E-state index in [1.54, 1.807) is 0 Å². The van der Waals surface area contributed by atoms with Gasteiger partial charge in [-0.1, -0.05) is 0 Å². The van der Waals surface area contributed by atoms with Crippen LogP contribution in [0.1, 0.15) is 0 Å². The summed E-state index contributed by atoms with van der Waals surface area (Å²) in [6.07, 6.45) is 0. The molecule has 0 aliphatic carbocycles. The van der Waals surface area contributed by atoms with Crippen LogP contribution < -0.4 is 56.2 Å². The molecule has 0 aromatic heterocycles. The monoisotopic (exact) mass is 114 g/mol. The van der Waals surface area contributed by atoms with Crippen LogP contribution in [0.3, 0.4) is 0 Å². The zero-order valence-corrected chi connectivity index (χ0v) is 7.44. The van der Waals surface area contributed by atoms with Gasteiger partial charge < -0.3 is 9.26 Å². The molecule has 0 radical (unpaired) electrons. The van der Waals surface area contributed by atoms with E-state index in [0.717, 1.165) is 6.55 Å². The smallest absolute Gasteiger partial charge is 0.588 e. The first kappa shape index (κ1) is 9.68. The van der Waals surface area contributed by atoms with E-state index in [-0.39, 0.29) is 51.4 Å². The Morgan fingerprint density at radius 2 is 1.80 bits per heavy atom. The van der Waals surface area contributed by atoms with E-state index in [2.05, 4.69) is 0 Å². The third-order valence-corrected chi connectivity index (χ3v) is 0. The summed E-state index contributed by atoms with van der Waals surface area (Å²) in [7, 11) is -2.38. The van der Waals surface area contributed by atoms with Crippen molar-refractivity contribution < 1.29 is 60.6 Å². The summed E-state index contributed by atoms with van der Waals surface area (Å²) in [5.41, 5.74) is 0. The zero-order chi connectivity index (χ0) is 3.58. The minimum Gasteiger partial charge on any atom is -0.588 e. The average molecular weight is 114 g/mol. The molecule has 2 nitrogen and oxygen atoms in total. The first-order valence-electron chi connectivity index (χ1n) is 0.908. The Morgan fingerprint density at radius 3 is 1.80 bits per heavy atom. The summed E-state index contributed by atoms with van der Waals surface area (Å²) in [6.45, 7) is 1.16. The maximum atomic E-state index is 9.07. The van der Waals surface area contributed by atoms with Crippen molar-refractivity contribution in [3.05, 3.63) is 0 Å². The van der Waals surface area contributed by atoms with E-state index in [1.807, 2.05) is 0 Å². The molecule has 0 N–H and O–H groups in total. The van der Waals surface area contributed by atoms with Crippen LogP contribution in [-0.2, 0) is 4.46 Å². The molecule has 0 saturated carbocycles. The predicted molar refractivity (Wildman–Crippen MR) is 12.3 cm³/mol. The average Bonchev–Trinajstić information content (AvgIpc) is 0.811. The third-order valence-electron chi connectivity index (χ3n) is 0. The number of rotatable bonds is 0. The zero-order valence-electron chi connectivity index (χ0n) is 3.32. The Kier molecular flexibility index (Phi) is 10.6. The van der Waals surface area contributed by atoms with Crippen LogP contribution in [0.4, 0.5) is 0 Å². The van der Waals surface area contributed by atoms with Crippen LogP contribution in [0.15, 0.2) is 0 Å². The standard InChI is InChI=1S/CH3O2Si.K/c1-4(2)3;/h1H3;/q-1;+1. The molecule has 4 heteroatoms. The van der Waals surface area contributed by atoms with Gasteiger partial charge in [-0.25, -0.2) is 0 Å². The van der Waals surface area contributed by atoms with E-state index >= 15 is 0 Å². The van der Waals surface area contributed by atoms with E-state index in [1.165, 1.54) is 0 Å². The fraction of sp³-hybridized carbons (Fsp3) is 1.00. The largest absolute Gasteiger partial charge is 1.00 e. The van der Waals surface area contributed by atoms with E-state index < -0.39 is 8.93 Å². The Balaban J connectivity index is 0. The van der Waals surface area contributed by atoms with Gasteiger partial charge in [0.1, 0.15) is 8.93 Å². The van der Waals surface area contributed by atoms with Gasteiger partial charge in [0.25, 0.3) is 0 Å². The summed E-state index contributed by atoms with van der Waals surface area (Å²) < 4.78 is 9.07. The minimum absolute atomic E-state index is 0. The minimum atomic E-state index is -2.38. The van der Waals surface area contributed by atoms with Gasteiger partial charge in [0, 0.05) is 0 Å². The maximum Gasteiger partial charge on any atom is 1.00 e. The van der Waals surface area contributed by atoms with Crippen LogP contribution in [0.5, 0.6) is 0 Å². The molecule has 24 valence electrons. The molecule has 0 fully saturated rings. The summed E-state index contributed by atoms with van der Waals surface area (Å²) in [4.78, 5) is 9.07. The normalized spacial score (nSPS) is 5.00. The summed E-state index contributed by atoms with van der Waals surface area (Å²) >= 11 is 0. The first-order chi connectivity index (χ1) is 1.73. The quantitative estimate of drug-likeness (QED) is 0.300. The van der Waals surface area contributed by atoms with Crippen molar-refractivity contribution in [3.63, 3.8) is 0 Å². The SMILES string of the molecule is C[Si](=O)[O-].[K+]. The fourth-order valence-corrected chi connectivity index (χ4v) is 0. The fourth-order valence-electron chi connectivity index (χ4n) is 0. The van der Waals surface area contributed by atoms with Crippen molar-refractivity contribution in [2.45, 2.75) is 6.55 Å². The van der Waals surface area contributed by atoms with Gasteiger partial charge in [0.05, 0.1) is 0 Å². The van der Waals surface area contributed by atoms with Crippen molar-refractivity contribution in [2.75, 3.05) is 0 Å². The van der Waals surface area contributed by atoms with Crippen LogP contribution in [0.25, 0.3) is 0 Å². The molecule has 5 heavy (non-hydrogen) atoms. The summed E-state index contributed by atoms with van der Waals surface area (Å²) in [6, 6.07) is 0. The molecule has 0 bridgehead atoms. The van der Waals surface area contributed by atoms with Gasteiger partial charge in [0.15, 0.2) is 0 Å². The first-order valence-corrected chi connectivity index (χ1v) is 2.72. The topological polar surface area (TPSA) is 40.1 Å². The number of hydrogen-bond acceptors (Lipinski definition) is 2. The van der Waals surface area contributed by atoms with E-state index in [9.17, 15) is 0 Å². The van der Waals surface area contributed by atoms with Crippen molar-refractivity contribution in [1.29, 1.82) is 0 Å². The summed E-state index contributed by atoms with van der Waals surface area (Å²) in [5.74, 6) is 0. The van der Waals surface area contributed by atoms with Gasteiger partial charge in [0.2, 0.25) is 0 Å². The second-order valence-corrected chi connectivity index (χ2v) is 1.47. The Morgan fingerprint density at radius 1 is 1.80 bits per heavy atom. The van der Waals surface area contributed by atoms with Crippen molar-refractivity contribution >= 4 is 8.93 Å². The van der Waals surface area contributed by atoms with Gasteiger partial charge in [-0.05, 0) is 6.55 Å². The molecular formula is CH3KO2Si. The summed E-state index contributed by atoms with van der Waals surface area (Å²) in [5, 5.41) is 0. The van der Waals surface area contributed by atoms with Gasteiger partial charge in [-0.15, -0.1) is 0 Å². The maximum absolute atomic E-state index is 9.07. The predicted octanol–water partition coefficient (Wildman–Crippen LogP) is -4.10. The number of hydrogen-bond donors (Lipinski definition) is 0. The molecule has 0 aliphatic rings. The molecule has 0 heterocycles. The molecule has 0 amide bonds. The Bertz CT molecular complexity index is 32.6. The third kappa shape index (κ3) is 30.8. The van der Waals surface area contributed by atoms with Crippen molar-refractivity contribution in [3.8, 4) is 0 Å². The molecule has 0 saturated heterocycles. The van der Waals surface area contributed by atoms with Crippen LogP contribution in [0, 0.1) is 0 Å². The van der Waals surface area contributed by atoms with Crippen molar-refractivity contribution in [1.82, 2.24) is 0 Å². The van der Waals surface area contributed by atoms with E-state index in [4.69, 9.17) is 9.26 Å². The molecule has 0 aliphatic heterocycles. The second-order valence-electron chi connectivity index (χ2n) is 0.492. The van der Waals surface area contributed by atoms with Gasteiger partial charge in [-0.3, -0.25) is 0 Å². The molecular weight excluding hydrogens is 111 g/mol. The molecule has 0 aromatic carbocycles.